The fourth-order valence-electron chi connectivity index (χ4n) is 1.71. The topological polar surface area (TPSA) is 51.2 Å². The summed E-state index contributed by atoms with van der Waals surface area (Å²) in [6.45, 7) is 5.39. The van der Waals surface area contributed by atoms with E-state index in [1.807, 2.05) is 43.3 Å². The molecule has 0 fully saturated rings. The number of carbonyl (C=O) groups is 1. The lowest BCUT2D eigenvalue weighted by Gasteiger charge is -2.25. The lowest BCUT2D eigenvalue weighted by atomic mass is 10.1. The van der Waals surface area contributed by atoms with Crippen LogP contribution in [-0.4, -0.2) is 16.5 Å². The van der Waals surface area contributed by atoms with Gasteiger partial charge in [0.2, 0.25) is 0 Å². The zero-order valence-electron chi connectivity index (χ0n) is 12.2. The van der Waals surface area contributed by atoms with Crippen LogP contribution < -0.4 is 10.1 Å². The minimum Gasteiger partial charge on any atom is -0.478 e. The van der Waals surface area contributed by atoms with Crippen LogP contribution in [0.25, 0.3) is 0 Å². The SMILES string of the molecule is Cc1ccnc(NC(=O)C(C)(C)Oc2ccc(Br)cc2)c1. The van der Waals surface area contributed by atoms with Gasteiger partial charge in [-0.15, -0.1) is 0 Å². The molecule has 1 N–H and O–H groups in total. The molecule has 0 bridgehead atoms. The average Bonchev–Trinajstić information content (AvgIpc) is 2.41. The van der Waals surface area contributed by atoms with E-state index in [-0.39, 0.29) is 5.91 Å². The van der Waals surface area contributed by atoms with Crippen molar-refractivity contribution in [1.29, 1.82) is 0 Å². The molecule has 0 aliphatic heterocycles. The monoisotopic (exact) mass is 348 g/mol. The van der Waals surface area contributed by atoms with E-state index in [1.165, 1.54) is 0 Å². The maximum absolute atomic E-state index is 12.3. The predicted molar refractivity (Wildman–Crippen MR) is 86.5 cm³/mol. The van der Waals surface area contributed by atoms with Crippen molar-refractivity contribution >= 4 is 27.7 Å². The molecule has 1 amide bonds. The fraction of sp³-hybridized carbons (Fsp3) is 0.250. The van der Waals surface area contributed by atoms with Gasteiger partial charge in [0, 0.05) is 10.7 Å². The summed E-state index contributed by atoms with van der Waals surface area (Å²) >= 11 is 3.36. The first-order valence-corrected chi connectivity index (χ1v) is 7.35. The normalized spacial score (nSPS) is 11.0. The third-order valence-corrected chi connectivity index (χ3v) is 3.42. The maximum Gasteiger partial charge on any atom is 0.269 e. The second kappa shape index (κ2) is 6.26. The average molecular weight is 349 g/mol. The summed E-state index contributed by atoms with van der Waals surface area (Å²) in [6, 6.07) is 11.0. The van der Waals surface area contributed by atoms with Crippen LogP contribution in [0.5, 0.6) is 5.75 Å². The number of rotatable bonds is 4. The Morgan fingerprint density at radius 3 is 2.52 bits per heavy atom. The van der Waals surface area contributed by atoms with Gasteiger partial charge in [0.25, 0.3) is 5.91 Å². The molecule has 5 heteroatoms. The molecule has 0 aliphatic carbocycles. The lowest BCUT2D eigenvalue weighted by molar-refractivity contribution is -0.128. The van der Waals surface area contributed by atoms with Crippen LogP contribution in [0.15, 0.2) is 47.1 Å². The Kier molecular flexibility index (Phi) is 4.63. The Morgan fingerprint density at radius 1 is 1.24 bits per heavy atom. The van der Waals surface area contributed by atoms with E-state index < -0.39 is 5.60 Å². The molecule has 0 radical (unpaired) electrons. The molecular formula is C16H17BrN2O2. The number of carbonyl (C=O) groups excluding carboxylic acids is 1. The van der Waals surface area contributed by atoms with Crippen molar-refractivity contribution in [3.05, 3.63) is 52.6 Å². The second-order valence-corrected chi connectivity index (χ2v) is 6.15. The van der Waals surface area contributed by atoms with Gasteiger partial charge in [0.05, 0.1) is 0 Å². The van der Waals surface area contributed by atoms with Crippen LogP contribution in [0.1, 0.15) is 19.4 Å². The highest BCUT2D eigenvalue weighted by molar-refractivity contribution is 9.10. The maximum atomic E-state index is 12.3. The molecule has 1 heterocycles. The van der Waals surface area contributed by atoms with Crippen molar-refractivity contribution in [2.45, 2.75) is 26.4 Å². The number of nitrogens with zero attached hydrogens (tertiary/aromatic N) is 1. The highest BCUT2D eigenvalue weighted by atomic mass is 79.9. The lowest BCUT2D eigenvalue weighted by Crippen LogP contribution is -2.42. The minimum absolute atomic E-state index is 0.247. The smallest absolute Gasteiger partial charge is 0.269 e. The van der Waals surface area contributed by atoms with Crippen LogP contribution in [0.3, 0.4) is 0 Å². The molecule has 4 nitrogen and oxygen atoms in total. The second-order valence-electron chi connectivity index (χ2n) is 5.24. The fourth-order valence-corrected chi connectivity index (χ4v) is 1.98. The van der Waals surface area contributed by atoms with Gasteiger partial charge in [-0.05, 0) is 62.7 Å². The van der Waals surface area contributed by atoms with Gasteiger partial charge in [-0.3, -0.25) is 4.79 Å². The molecule has 21 heavy (non-hydrogen) atoms. The van der Waals surface area contributed by atoms with Crippen LogP contribution in [0, 0.1) is 6.92 Å². The number of anilines is 1. The van der Waals surface area contributed by atoms with Crippen molar-refractivity contribution < 1.29 is 9.53 Å². The van der Waals surface area contributed by atoms with E-state index in [9.17, 15) is 4.79 Å². The Balaban J connectivity index is 2.07. The number of ether oxygens (including phenoxy) is 1. The summed E-state index contributed by atoms with van der Waals surface area (Å²) < 4.78 is 6.72. The van der Waals surface area contributed by atoms with E-state index >= 15 is 0 Å². The molecule has 0 atom stereocenters. The van der Waals surface area contributed by atoms with Crippen LogP contribution in [-0.2, 0) is 4.79 Å². The summed E-state index contributed by atoms with van der Waals surface area (Å²) in [6.07, 6.45) is 1.66. The van der Waals surface area contributed by atoms with Gasteiger partial charge in [-0.1, -0.05) is 15.9 Å². The number of amides is 1. The molecule has 0 spiro atoms. The largest absolute Gasteiger partial charge is 0.478 e. The predicted octanol–water partition coefficient (Wildman–Crippen LogP) is 3.95. The highest BCUT2D eigenvalue weighted by Crippen LogP contribution is 2.22. The number of nitrogens with one attached hydrogen (secondary N) is 1. The number of aryl methyl sites for hydroxylation is 1. The molecule has 0 saturated carbocycles. The zero-order valence-corrected chi connectivity index (χ0v) is 13.8. The Bertz CT molecular complexity index is 639. The third kappa shape index (κ3) is 4.29. The number of hydrogen-bond acceptors (Lipinski definition) is 3. The van der Waals surface area contributed by atoms with Crippen molar-refractivity contribution in [2.75, 3.05) is 5.32 Å². The van der Waals surface area contributed by atoms with E-state index in [2.05, 4.69) is 26.2 Å². The van der Waals surface area contributed by atoms with Crippen LogP contribution >= 0.6 is 15.9 Å². The molecule has 2 rings (SSSR count). The molecule has 0 unspecified atom stereocenters. The Hall–Kier alpha value is -1.88. The van der Waals surface area contributed by atoms with E-state index in [1.54, 1.807) is 20.0 Å². The van der Waals surface area contributed by atoms with Gasteiger partial charge in [0.15, 0.2) is 5.60 Å². The van der Waals surface area contributed by atoms with Gasteiger partial charge < -0.3 is 10.1 Å². The van der Waals surface area contributed by atoms with Crippen LogP contribution in [0.4, 0.5) is 5.82 Å². The molecule has 0 saturated heterocycles. The summed E-state index contributed by atoms with van der Waals surface area (Å²) in [5, 5.41) is 2.77. The van der Waals surface area contributed by atoms with E-state index in [0.717, 1.165) is 10.0 Å². The molecular weight excluding hydrogens is 332 g/mol. The van der Waals surface area contributed by atoms with Crippen molar-refractivity contribution in [3.63, 3.8) is 0 Å². The Morgan fingerprint density at radius 2 is 1.90 bits per heavy atom. The van der Waals surface area contributed by atoms with Crippen molar-refractivity contribution in [2.24, 2.45) is 0 Å². The van der Waals surface area contributed by atoms with Gasteiger partial charge >= 0.3 is 0 Å². The first kappa shape index (κ1) is 15.5. The number of halogens is 1. The third-order valence-electron chi connectivity index (χ3n) is 2.89. The quantitative estimate of drug-likeness (QED) is 0.909. The number of hydrogen-bond donors (Lipinski definition) is 1. The van der Waals surface area contributed by atoms with Crippen molar-refractivity contribution in [1.82, 2.24) is 4.98 Å². The number of pyridine rings is 1. The highest BCUT2D eigenvalue weighted by Gasteiger charge is 2.30. The number of benzene rings is 1. The number of aromatic nitrogens is 1. The van der Waals surface area contributed by atoms with E-state index in [4.69, 9.17) is 4.74 Å². The first-order chi connectivity index (χ1) is 9.87. The van der Waals surface area contributed by atoms with Crippen molar-refractivity contribution in [3.8, 4) is 5.75 Å². The molecule has 1 aromatic heterocycles. The zero-order chi connectivity index (χ0) is 15.5. The summed E-state index contributed by atoms with van der Waals surface area (Å²) in [7, 11) is 0. The minimum atomic E-state index is -1.00. The first-order valence-electron chi connectivity index (χ1n) is 6.55. The van der Waals surface area contributed by atoms with Crippen LogP contribution in [0.2, 0.25) is 0 Å². The molecule has 0 aliphatic rings. The summed E-state index contributed by atoms with van der Waals surface area (Å²) in [5.41, 5.74) is 0.0335. The molecule has 110 valence electrons. The molecule has 2 aromatic rings. The standard InChI is InChI=1S/C16H17BrN2O2/c1-11-8-9-18-14(10-11)19-15(20)16(2,3)21-13-6-4-12(17)5-7-13/h4-10H,1-3H3,(H,18,19,20). The van der Waals surface area contributed by atoms with Gasteiger partial charge in [-0.2, -0.15) is 0 Å². The molecule has 1 aromatic carbocycles. The van der Waals surface area contributed by atoms with Gasteiger partial charge in [-0.25, -0.2) is 4.98 Å². The Labute approximate surface area is 132 Å². The summed E-state index contributed by atoms with van der Waals surface area (Å²) in [5.74, 6) is 0.909. The van der Waals surface area contributed by atoms with E-state index in [0.29, 0.717) is 11.6 Å². The van der Waals surface area contributed by atoms with Gasteiger partial charge in [0.1, 0.15) is 11.6 Å². The summed E-state index contributed by atoms with van der Waals surface area (Å²) in [4.78, 5) is 16.4.